The Bertz CT molecular complexity index is 396. The highest BCUT2D eigenvalue weighted by molar-refractivity contribution is 5.31. The van der Waals surface area contributed by atoms with Crippen LogP contribution in [0.2, 0.25) is 0 Å². The van der Waals surface area contributed by atoms with Gasteiger partial charge in [-0.05, 0) is 30.4 Å². The van der Waals surface area contributed by atoms with Crippen LogP contribution in [0.25, 0.3) is 0 Å². The molecule has 0 amide bonds. The van der Waals surface area contributed by atoms with Crippen molar-refractivity contribution in [2.75, 3.05) is 13.2 Å². The van der Waals surface area contributed by atoms with Gasteiger partial charge in [0.15, 0.2) is 0 Å². The van der Waals surface area contributed by atoms with Crippen molar-refractivity contribution < 1.29 is 4.74 Å². The standard InChI is InChI=1S/C17H25NO/c1-2-4-9-15(8-3-1)18-13-17-16-10-6-5-7-14(16)11-12-19-17/h5-7,10,15,17-18H,1-4,8-9,11-13H2. The van der Waals surface area contributed by atoms with E-state index in [2.05, 4.69) is 29.6 Å². The largest absolute Gasteiger partial charge is 0.372 e. The Morgan fingerprint density at radius 1 is 1.05 bits per heavy atom. The summed E-state index contributed by atoms with van der Waals surface area (Å²) in [6.07, 6.45) is 9.62. The van der Waals surface area contributed by atoms with Gasteiger partial charge in [-0.2, -0.15) is 0 Å². The fraction of sp³-hybridized carbons (Fsp3) is 0.647. The van der Waals surface area contributed by atoms with Crippen LogP contribution in [-0.2, 0) is 11.2 Å². The van der Waals surface area contributed by atoms with Crippen LogP contribution >= 0.6 is 0 Å². The van der Waals surface area contributed by atoms with Gasteiger partial charge in [-0.25, -0.2) is 0 Å². The molecular weight excluding hydrogens is 234 g/mol. The predicted octanol–water partition coefficient (Wildman–Crippen LogP) is 3.61. The molecule has 1 aromatic carbocycles. The lowest BCUT2D eigenvalue weighted by molar-refractivity contribution is 0.0403. The molecule has 1 fully saturated rings. The number of nitrogens with one attached hydrogen (secondary N) is 1. The van der Waals surface area contributed by atoms with E-state index < -0.39 is 0 Å². The van der Waals surface area contributed by atoms with Gasteiger partial charge < -0.3 is 10.1 Å². The van der Waals surface area contributed by atoms with E-state index in [0.717, 1.165) is 19.6 Å². The fourth-order valence-corrected chi connectivity index (χ4v) is 3.40. The zero-order chi connectivity index (χ0) is 12.9. The zero-order valence-electron chi connectivity index (χ0n) is 11.7. The smallest absolute Gasteiger partial charge is 0.0952 e. The van der Waals surface area contributed by atoms with E-state index in [4.69, 9.17) is 4.74 Å². The Hall–Kier alpha value is -0.860. The maximum absolute atomic E-state index is 5.96. The van der Waals surface area contributed by atoms with Crippen LogP contribution in [0, 0.1) is 0 Å². The average Bonchev–Trinajstić information content (AvgIpc) is 2.74. The summed E-state index contributed by atoms with van der Waals surface area (Å²) in [4.78, 5) is 0. The summed E-state index contributed by atoms with van der Waals surface area (Å²) in [6.45, 7) is 1.84. The van der Waals surface area contributed by atoms with Crippen LogP contribution in [-0.4, -0.2) is 19.2 Å². The monoisotopic (exact) mass is 259 g/mol. The van der Waals surface area contributed by atoms with E-state index in [0.29, 0.717) is 6.04 Å². The maximum Gasteiger partial charge on any atom is 0.0952 e. The SMILES string of the molecule is c1ccc2c(c1)CCOC2CNC1CCCCCC1. The summed E-state index contributed by atoms with van der Waals surface area (Å²) in [5.74, 6) is 0. The van der Waals surface area contributed by atoms with Gasteiger partial charge in [-0.1, -0.05) is 49.9 Å². The van der Waals surface area contributed by atoms with E-state index >= 15 is 0 Å². The van der Waals surface area contributed by atoms with Crippen molar-refractivity contribution in [3.05, 3.63) is 35.4 Å². The van der Waals surface area contributed by atoms with Gasteiger partial charge >= 0.3 is 0 Å². The number of ether oxygens (including phenoxy) is 1. The molecule has 1 unspecified atom stereocenters. The first-order valence-corrected chi connectivity index (χ1v) is 7.86. The molecule has 1 atom stereocenters. The molecule has 1 saturated carbocycles. The summed E-state index contributed by atoms with van der Waals surface area (Å²) in [6, 6.07) is 9.46. The summed E-state index contributed by atoms with van der Waals surface area (Å²) in [5, 5.41) is 3.75. The number of hydrogen-bond donors (Lipinski definition) is 1. The lowest BCUT2D eigenvalue weighted by Crippen LogP contribution is -2.34. The van der Waals surface area contributed by atoms with Crippen LogP contribution in [0.1, 0.15) is 55.8 Å². The Balaban J connectivity index is 1.58. The second kappa shape index (κ2) is 6.53. The summed E-state index contributed by atoms with van der Waals surface area (Å²) in [5.41, 5.74) is 2.87. The Kier molecular flexibility index (Phi) is 4.52. The molecule has 1 aliphatic heterocycles. The first-order chi connectivity index (χ1) is 9.43. The van der Waals surface area contributed by atoms with Gasteiger partial charge in [-0.3, -0.25) is 0 Å². The molecule has 1 aromatic rings. The second-order valence-corrected chi connectivity index (χ2v) is 5.90. The number of rotatable bonds is 3. The molecule has 2 heteroatoms. The highest BCUT2D eigenvalue weighted by Crippen LogP contribution is 2.27. The van der Waals surface area contributed by atoms with Gasteiger partial charge in [0.1, 0.15) is 0 Å². The molecule has 2 aliphatic rings. The van der Waals surface area contributed by atoms with Gasteiger partial charge in [0.05, 0.1) is 12.7 Å². The van der Waals surface area contributed by atoms with Crippen LogP contribution in [0.15, 0.2) is 24.3 Å². The van der Waals surface area contributed by atoms with E-state index in [1.165, 1.54) is 49.7 Å². The molecule has 1 aliphatic carbocycles. The third-order valence-electron chi connectivity index (χ3n) is 4.54. The molecule has 0 aromatic heterocycles. The lowest BCUT2D eigenvalue weighted by Gasteiger charge is -2.28. The van der Waals surface area contributed by atoms with Crippen molar-refractivity contribution in [2.45, 2.75) is 57.1 Å². The minimum Gasteiger partial charge on any atom is -0.372 e. The van der Waals surface area contributed by atoms with E-state index in [1.54, 1.807) is 0 Å². The highest BCUT2D eigenvalue weighted by Gasteiger charge is 2.21. The number of benzene rings is 1. The molecule has 1 N–H and O–H groups in total. The van der Waals surface area contributed by atoms with Crippen LogP contribution < -0.4 is 5.32 Å². The fourth-order valence-electron chi connectivity index (χ4n) is 3.40. The second-order valence-electron chi connectivity index (χ2n) is 5.90. The predicted molar refractivity (Wildman–Crippen MR) is 78.3 cm³/mol. The molecule has 1 heterocycles. The third-order valence-corrected chi connectivity index (χ3v) is 4.54. The number of fused-ring (bicyclic) bond motifs is 1. The Morgan fingerprint density at radius 3 is 2.68 bits per heavy atom. The molecule has 0 saturated heterocycles. The topological polar surface area (TPSA) is 21.3 Å². The highest BCUT2D eigenvalue weighted by atomic mass is 16.5. The minimum absolute atomic E-state index is 0.258. The summed E-state index contributed by atoms with van der Waals surface area (Å²) >= 11 is 0. The lowest BCUT2D eigenvalue weighted by atomic mass is 9.97. The molecule has 0 radical (unpaired) electrons. The molecule has 104 valence electrons. The third kappa shape index (κ3) is 3.37. The molecule has 2 nitrogen and oxygen atoms in total. The molecule has 0 spiro atoms. The van der Waals surface area contributed by atoms with Crippen molar-refractivity contribution in [3.8, 4) is 0 Å². The number of hydrogen-bond acceptors (Lipinski definition) is 2. The average molecular weight is 259 g/mol. The summed E-state index contributed by atoms with van der Waals surface area (Å²) in [7, 11) is 0. The van der Waals surface area contributed by atoms with Gasteiger partial charge in [0, 0.05) is 12.6 Å². The molecule has 3 rings (SSSR count). The quantitative estimate of drug-likeness (QED) is 0.837. The van der Waals surface area contributed by atoms with Gasteiger partial charge in [-0.15, -0.1) is 0 Å². The Morgan fingerprint density at radius 2 is 1.84 bits per heavy atom. The van der Waals surface area contributed by atoms with Crippen LogP contribution in [0.3, 0.4) is 0 Å². The van der Waals surface area contributed by atoms with Crippen molar-refractivity contribution in [2.24, 2.45) is 0 Å². The Labute approximate surface area is 116 Å². The molecule has 0 bridgehead atoms. The van der Waals surface area contributed by atoms with Crippen LogP contribution in [0.4, 0.5) is 0 Å². The van der Waals surface area contributed by atoms with Crippen molar-refractivity contribution in [3.63, 3.8) is 0 Å². The molecular formula is C17H25NO. The normalized spacial score (nSPS) is 24.7. The van der Waals surface area contributed by atoms with Gasteiger partial charge in [0.25, 0.3) is 0 Å². The maximum atomic E-state index is 5.96. The van der Waals surface area contributed by atoms with E-state index in [-0.39, 0.29) is 6.10 Å². The summed E-state index contributed by atoms with van der Waals surface area (Å²) < 4.78 is 5.96. The van der Waals surface area contributed by atoms with Gasteiger partial charge in [0.2, 0.25) is 0 Å². The zero-order valence-corrected chi connectivity index (χ0v) is 11.7. The first kappa shape index (κ1) is 13.1. The van der Waals surface area contributed by atoms with E-state index in [9.17, 15) is 0 Å². The van der Waals surface area contributed by atoms with Crippen LogP contribution in [0.5, 0.6) is 0 Å². The minimum atomic E-state index is 0.258. The van der Waals surface area contributed by atoms with Crippen molar-refractivity contribution >= 4 is 0 Å². The van der Waals surface area contributed by atoms with E-state index in [1.807, 2.05) is 0 Å². The molecule has 19 heavy (non-hydrogen) atoms. The van der Waals surface area contributed by atoms with Crippen molar-refractivity contribution in [1.82, 2.24) is 5.32 Å². The van der Waals surface area contributed by atoms with Crippen molar-refractivity contribution in [1.29, 1.82) is 0 Å². The first-order valence-electron chi connectivity index (χ1n) is 7.86.